The fourth-order valence-electron chi connectivity index (χ4n) is 1.66. The Balaban J connectivity index is 2.67. The van der Waals surface area contributed by atoms with Gasteiger partial charge < -0.3 is 10.2 Å². The largest absolute Gasteiger partial charge is 0.508 e. The van der Waals surface area contributed by atoms with E-state index in [-0.39, 0.29) is 11.5 Å². The fourth-order valence-corrected chi connectivity index (χ4v) is 1.66. The van der Waals surface area contributed by atoms with E-state index in [4.69, 9.17) is 0 Å². The molecule has 0 saturated heterocycles. The second-order valence-corrected chi connectivity index (χ2v) is 3.11. The molecule has 0 fully saturated rings. The third kappa shape index (κ3) is 0.723. The van der Waals surface area contributed by atoms with Crippen LogP contribution in [0.3, 0.4) is 0 Å². The first-order valence-electron chi connectivity index (χ1n) is 3.74. The summed E-state index contributed by atoms with van der Waals surface area (Å²) in [6.07, 6.45) is 0.764. The summed E-state index contributed by atoms with van der Waals surface area (Å²) in [5.74, 6) is 0.860. The second-order valence-electron chi connectivity index (χ2n) is 3.11. The molecular weight excluding hydrogens is 140 g/mol. The molecule has 2 nitrogen and oxygen atoms in total. The van der Waals surface area contributed by atoms with Crippen LogP contribution in [-0.4, -0.2) is 10.2 Å². The molecule has 0 aliphatic heterocycles. The molecule has 1 aromatic rings. The molecule has 2 heteroatoms. The Labute approximate surface area is 65.1 Å². The maximum atomic E-state index is 9.46. The third-order valence-corrected chi connectivity index (χ3v) is 2.33. The molecule has 0 radical (unpaired) electrons. The van der Waals surface area contributed by atoms with Crippen molar-refractivity contribution in [1.29, 1.82) is 0 Å². The lowest BCUT2D eigenvalue weighted by Gasteiger charge is -1.99. The summed E-state index contributed by atoms with van der Waals surface area (Å²) in [7, 11) is 0. The van der Waals surface area contributed by atoms with Crippen LogP contribution in [0.1, 0.15) is 24.0 Å². The van der Waals surface area contributed by atoms with Gasteiger partial charge in [0.15, 0.2) is 0 Å². The van der Waals surface area contributed by atoms with E-state index in [1.807, 2.05) is 6.92 Å². The van der Waals surface area contributed by atoms with E-state index >= 15 is 0 Å². The Morgan fingerprint density at radius 3 is 2.73 bits per heavy atom. The van der Waals surface area contributed by atoms with Crippen LogP contribution >= 0.6 is 0 Å². The maximum Gasteiger partial charge on any atom is 0.125 e. The molecule has 0 spiro atoms. The predicted octanol–water partition coefficient (Wildman–Crippen LogP) is 1.76. The smallest absolute Gasteiger partial charge is 0.125 e. The van der Waals surface area contributed by atoms with Crippen molar-refractivity contribution in [2.24, 2.45) is 0 Å². The van der Waals surface area contributed by atoms with Crippen LogP contribution < -0.4 is 0 Å². The van der Waals surface area contributed by atoms with Gasteiger partial charge in [-0.1, -0.05) is 13.0 Å². The van der Waals surface area contributed by atoms with Crippen molar-refractivity contribution in [3.63, 3.8) is 0 Å². The number of rotatable bonds is 0. The van der Waals surface area contributed by atoms with Gasteiger partial charge in [0.2, 0.25) is 0 Å². The first-order valence-corrected chi connectivity index (χ1v) is 3.74. The van der Waals surface area contributed by atoms with Crippen LogP contribution in [0.25, 0.3) is 0 Å². The SMILES string of the molecule is CC1Cc2c(O)ccc1c2O. The molecule has 0 amide bonds. The number of hydrogen-bond donors (Lipinski definition) is 2. The predicted molar refractivity (Wildman–Crippen MR) is 41.9 cm³/mol. The van der Waals surface area contributed by atoms with Gasteiger partial charge in [-0.15, -0.1) is 0 Å². The monoisotopic (exact) mass is 150 g/mol. The molecule has 0 saturated carbocycles. The van der Waals surface area contributed by atoms with Gasteiger partial charge in [-0.25, -0.2) is 0 Å². The summed E-state index contributed by atoms with van der Waals surface area (Å²) in [5.41, 5.74) is 1.66. The van der Waals surface area contributed by atoms with E-state index < -0.39 is 0 Å². The molecule has 58 valence electrons. The average molecular weight is 150 g/mol. The molecule has 11 heavy (non-hydrogen) atoms. The Morgan fingerprint density at radius 2 is 2.09 bits per heavy atom. The van der Waals surface area contributed by atoms with Crippen LogP contribution in [0.2, 0.25) is 0 Å². The van der Waals surface area contributed by atoms with Gasteiger partial charge in [0.05, 0.1) is 0 Å². The van der Waals surface area contributed by atoms with Crippen LogP contribution in [0.5, 0.6) is 11.5 Å². The highest BCUT2D eigenvalue weighted by atomic mass is 16.3. The second kappa shape index (κ2) is 1.91. The first-order chi connectivity index (χ1) is 5.20. The zero-order valence-corrected chi connectivity index (χ0v) is 6.33. The fraction of sp³-hybridized carbons (Fsp3) is 0.333. The molecule has 1 aliphatic carbocycles. The van der Waals surface area contributed by atoms with E-state index in [2.05, 4.69) is 0 Å². The lowest BCUT2D eigenvalue weighted by molar-refractivity contribution is 0.444. The van der Waals surface area contributed by atoms with E-state index in [0.717, 1.165) is 12.0 Å². The lowest BCUT2D eigenvalue weighted by Crippen LogP contribution is -1.85. The molecule has 1 aromatic carbocycles. The van der Waals surface area contributed by atoms with Gasteiger partial charge >= 0.3 is 0 Å². The van der Waals surface area contributed by atoms with Gasteiger partial charge in [-0.2, -0.15) is 0 Å². The Morgan fingerprint density at radius 1 is 1.36 bits per heavy atom. The molecule has 0 heterocycles. The van der Waals surface area contributed by atoms with Crippen LogP contribution in [0.15, 0.2) is 12.1 Å². The van der Waals surface area contributed by atoms with E-state index in [1.54, 1.807) is 12.1 Å². The highest BCUT2D eigenvalue weighted by molar-refractivity contribution is 5.55. The summed E-state index contributed by atoms with van der Waals surface area (Å²) in [4.78, 5) is 0. The molecule has 1 unspecified atom stereocenters. The minimum Gasteiger partial charge on any atom is -0.508 e. The molecule has 1 atom stereocenters. The van der Waals surface area contributed by atoms with E-state index in [1.165, 1.54) is 0 Å². The summed E-state index contributed by atoms with van der Waals surface area (Å²) in [5, 5.41) is 18.7. The van der Waals surface area contributed by atoms with E-state index in [0.29, 0.717) is 11.5 Å². The Kier molecular flexibility index (Phi) is 1.13. The molecular formula is C9H10O2. The highest BCUT2D eigenvalue weighted by Crippen LogP contribution is 2.43. The summed E-state index contributed by atoms with van der Waals surface area (Å²) in [6.45, 7) is 2.04. The average Bonchev–Trinajstić information content (AvgIpc) is 2.12. The zero-order chi connectivity index (χ0) is 8.01. The van der Waals surface area contributed by atoms with Gasteiger partial charge in [0, 0.05) is 5.56 Å². The summed E-state index contributed by atoms with van der Waals surface area (Å²) in [6, 6.07) is 3.43. The normalized spacial score (nSPS) is 20.6. The van der Waals surface area contributed by atoms with Crippen molar-refractivity contribution in [3.8, 4) is 11.5 Å². The van der Waals surface area contributed by atoms with Crippen LogP contribution in [0.4, 0.5) is 0 Å². The summed E-state index contributed by atoms with van der Waals surface area (Å²) >= 11 is 0. The van der Waals surface area contributed by atoms with Crippen LogP contribution in [0, 0.1) is 0 Å². The molecule has 2 N–H and O–H groups in total. The Bertz CT molecular complexity index is 305. The number of aromatic hydroxyl groups is 2. The Hall–Kier alpha value is -1.18. The number of hydrogen-bond acceptors (Lipinski definition) is 2. The molecule has 2 bridgehead atoms. The van der Waals surface area contributed by atoms with Gasteiger partial charge in [0.25, 0.3) is 0 Å². The van der Waals surface area contributed by atoms with Crippen molar-refractivity contribution in [2.45, 2.75) is 19.3 Å². The quantitative estimate of drug-likeness (QED) is 0.591. The van der Waals surface area contributed by atoms with Crippen LogP contribution in [-0.2, 0) is 6.42 Å². The highest BCUT2D eigenvalue weighted by Gasteiger charge is 2.25. The van der Waals surface area contributed by atoms with Crippen molar-refractivity contribution in [3.05, 3.63) is 23.3 Å². The van der Waals surface area contributed by atoms with E-state index in [9.17, 15) is 10.2 Å². The first kappa shape index (κ1) is 6.53. The van der Waals surface area contributed by atoms with Gasteiger partial charge in [-0.05, 0) is 24.0 Å². The van der Waals surface area contributed by atoms with Gasteiger partial charge in [-0.3, -0.25) is 0 Å². The van der Waals surface area contributed by atoms with Crippen molar-refractivity contribution >= 4 is 0 Å². The number of phenolic OH excluding ortho intramolecular Hbond substituents is 2. The third-order valence-electron chi connectivity index (χ3n) is 2.33. The van der Waals surface area contributed by atoms with Crippen molar-refractivity contribution in [2.75, 3.05) is 0 Å². The molecule has 2 rings (SSSR count). The van der Waals surface area contributed by atoms with Crippen molar-refractivity contribution < 1.29 is 10.2 Å². The topological polar surface area (TPSA) is 40.5 Å². The van der Waals surface area contributed by atoms with Gasteiger partial charge in [0.1, 0.15) is 11.5 Å². The number of phenols is 2. The number of fused-ring (bicyclic) bond motifs is 2. The number of benzene rings is 1. The van der Waals surface area contributed by atoms with Crippen molar-refractivity contribution in [1.82, 2.24) is 0 Å². The molecule has 0 aromatic heterocycles. The summed E-state index contributed by atoms with van der Waals surface area (Å²) < 4.78 is 0. The minimum atomic E-state index is 0.218. The minimum absolute atomic E-state index is 0.218. The maximum absolute atomic E-state index is 9.46. The zero-order valence-electron chi connectivity index (χ0n) is 6.33. The lowest BCUT2D eigenvalue weighted by atomic mass is 10.1. The standard InChI is InChI=1S/C9H10O2/c1-5-4-7-8(10)3-2-6(5)9(7)11/h2-3,5,10-11H,4H2,1H3. The molecule has 1 aliphatic rings.